The number of hydrogen-bond donors (Lipinski definition) is 3. The van der Waals surface area contributed by atoms with E-state index in [-0.39, 0.29) is 12.8 Å². The Kier molecular flexibility index (Phi) is 4.36. The molecule has 1 unspecified atom stereocenters. The SMILES string of the molecule is CC(N)(CCC(=O)O)N(C=O)CO. The largest absolute Gasteiger partial charge is 0.481 e. The van der Waals surface area contributed by atoms with Crippen LogP contribution in [0.1, 0.15) is 19.8 Å². The number of carbonyl (C=O) groups excluding carboxylic acids is 1. The van der Waals surface area contributed by atoms with Crippen molar-refractivity contribution in [2.75, 3.05) is 6.73 Å². The molecule has 4 N–H and O–H groups in total. The zero-order valence-electron chi connectivity index (χ0n) is 7.43. The Morgan fingerprint density at radius 1 is 1.69 bits per heavy atom. The molecule has 0 aliphatic heterocycles. The van der Waals surface area contributed by atoms with E-state index in [1.807, 2.05) is 0 Å². The predicted molar refractivity (Wildman–Crippen MR) is 44.5 cm³/mol. The van der Waals surface area contributed by atoms with Crippen LogP contribution in [0.15, 0.2) is 0 Å². The lowest BCUT2D eigenvalue weighted by Gasteiger charge is -2.33. The van der Waals surface area contributed by atoms with Gasteiger partial charge in [-0.2, -0.15) is 0 Å². The number of amides is 1. The van der Waals surface area contributed by atoms with E-state index in [4.69, 9.17) is 15.9 Å². The Balaban J connectivity index is 4.18. The number of carboxylic acids is 1. The van der Waals surface area contributed by atoms with E-state index in [1.165, 1.54) is 6.92 Å². The number of nitrogens with zero attached hydrogens (tertiary/aromatic N) is 1. The van der Waals surface area contributed by atoms with Crippen molar-refractivity contribution in [3.8, 4) is 0 Å². The quantitative estimate of drug-likeness (QED) is 0.365. The van der Waals surface area contributed by atoms with E-state index in [2.05, 4.69) is 0 Å². The van der Waals surface area contributed by atoms with Gasteiger partial charge in [0.15, 0.2) is 0 Å². The predicted octanol–water partition coefficient (Wildman–Crippen LogP) is -1.07. The van der Waals surface area contributed by atoms with Crippen molar-refractivity contribution in [1.82, 2.24) is 4.90 Å². The molecule has 0 radical (unpaired) electrons. The van der Waals surface area contributed by atoms with E-state index >= 15 is 0 Å². The van der Waals surface area contributed by atoms with Gasteiger partial charge in [0, 0.05) is 6.42 Å². The van der Waals surface area contributed by atoms with Gasteiger partial charge in [0.25, 0.3) is 0 Å². The van der Waals surface area contributed by atoms with E-state index in [1.54, 1.807) is 0 Å². The molecular weight excluding hydrogens is 176 g/mol. The summed E-state index contributed by atoms with van der Waals surface area (Å²) >= 11 is 0. The van der Waals surface area contributed by atoms with Crippen molar-refractivity contribution in [3.05, 3.63) is 0 Å². The van der Waals surface area contributed by atoms with Crippen LogP contribution < -0.4 is 5.73 Å². The Morgan fingerprint density at radius 3 is 2.54 bits per heavy atom. The lowest BCUT2D eigenvalue weighted by atomic mass is 10.1. The first kappa shape index (κ1) is 11.9. The van der Waals surface area contributed by atoms with Crippen LogP contribution in [-0.2, 0) is 9.59 Å². The van der Waals surface area contributed by atoms with Crippen LogP contribution in [0.3, 0.4) is 0 Å². The van der Waals surface area contributed by atoms with Crippen LogP contribution >= 0.6 is 0 Å². The fourth-order valence-corrected chi connectivity index (χ4v) is 0.819. The summed E-state index contributed by atoms with van der Waals surface area (Å²) in [5, 5.41) is 17.1. The van der Waals surface area contributed by atoms with Crippen LogP contribution in [-0.4, -0.2) is 39.9 Å². The maximum absolute atomic E-state index is 10.4. The number of carbonyl (C=O) groups is 2. The van der Waals surface area contributed by atoms with Crippen LogP contribution in [0.5, 0.6) is 0 Å². The van der Waals surface area contributed by atoms with Gasteiger partial charge in [0.2, 0.25) is 6.41 Å². The average molecular weight is 190 g/mol. The van der Waals surface area contributed by atoms with Gasteiger partial charge in [-0.3, -0.25) is 9.59 Å². The summed E-state index contributed by atoms with van der Waals surface area (Å²) < 4.78 is 0. The minimum absolute atomic E-state index is 0.0988. The van der Waals surface area contributed by atoms with E-state index < -0.39 is 18.4 Å². The molecule has 0 bridgehead atoms. The zero-order valence-corrected chi connectivity index (χ0v) is 7.43. The van der Waals surface area contributed by atoms with Gasteiger partial charge in [-0.25, -0.2) is 0 Å². The van der Waals surface area contributed by atoms with Crippen molar-refractivity contribution in [2.24, 2.45) is 5.73 Å². The first-order chi connectivity index (χ1) is 5.94. The molecule has 0 aliphatic carbocycles. The lowest BCUT2D eigenvalue weighted by molar-refractivity contribution is -0.139. The highest BCUT2D eigenvalue weighted by Gasteiger charge is 2.26. The summed E-state index contributed by atoms with van der Waals surface area (Å²) in [6.45, 7) is 0.969. The lowest BCUT2D eigenvalue weighted by Crippen LogP contribution is -2.53. The Hall–Kier alpha value is -1.14. The van der Waals surface area contributed by atoms with Crippen molar-refractivity contribution in [1.29, 1.82) is 0 Å². The van der Waals surface area contributed by atoms with Crippen LogP contribution in [0, 0.1) is 0 Å². The summed E-state index contributed by atoms with van der Waals surface area (Å²) in [6, 6.07) is 0. The number of carboxylic acid groups (broad SMARTS) is 1. The van der Waals surface area contributed by atoms with Gasteiger partial charge < -0.3 is 20.8 Å². The standard InChI is InChI=1S/C7H14N2O4/c1-7(8,3-2-6(12)13)9(4-10)5-11/h4,11H,2-3,5,8H2,1H3,(H,12,13). The molecule has 0 aromatic carbocycles. The summed E-state index contributed by atoms with van der Waals surface area (Å²) in [4.78, 5) is 21.5. The molecule has 0 spiro atoms. The van der Waals surface area contributed by atoms with Gasteiger partial charge >= 0.3 is 5.97 Å². The Morgan fingerprint density at radius 2 is 2.23 bits per heavy atom. The van der Waals surface area contributed by atoms with Gasteiger partial charge in [-0.15, -0.1) is 0 Å². The van der Waals surface area contributed by atoms with E-state index in [9.17, 15) is 9.59 Å². The first-order valence-corrected chi connectivity index (χ1v) is 3.77. The summed E-state index contributed by atoms with van der Waals surface area (Å²) in [5.41, 5.74) is 4.49. The second kappa shape index (κ2) is 4.78. The normalized spacial score (nSPS) is 14.7. The molecule has 0 aromatic rings. The van der Waals surface area contributed by atoms with E-state index in [0.29, 0.717) is 6.41 Å². The second-order valence-electron chi connectivity index (χ2n) is 2.97. The molecule has 0 aromatic heterocycles. The fourth-order valence-electron chi connectivity index (χ4n) is 0.819. The highest BCUT2D eigenvalue weighted by atomic mass is 16.4. The molecule has 0 fully saturated rings. The maximum Gasteiger partial charge on any atom is 0.303 e. The highest BCUT2D eigenvalue weighted by Crippen LogP contribution is 2.12. The maximum atomic E-state index is 10.4. The number of rotatable bonds is 6. The topological polar surface area (TPSA) is 104 Å². The van der Waals surface area contributed by atoms with Crippen molar-refractivity contribution in [2.45, 2.75) is 25.4 Å². The Labute approximate surface area is 75.9 Å². The number of nitrogens with two attached hydrogens (primary N) is 1. The fraction of sp³-hybridized carbons (Fsp3) is 0.714. The molecule has 0 saturated carbocycles. The molecule has 0 aliphatic rings. The molecule has 1 amide bonds. The number of hydrogen-bond acceptors (Lipinski definition) is 4. The minimum Gasteiger partial charge on any atom is -0.481 e. The number of aliphatic hydroxyl groups is 1. The van der Waals surface area contributed by atoms with Crippen molar-refractivity contribution in [3.63, 3.8) is 0 Å². The van der Waals surface area contributed by atoms with Crippen LogP contribution in [0.4, 0.5) is 0 Å². The van der Waals surface area contributed by atoms with Gasteiger partial charge in [-0.05, 0) is 13.3 Å². The third-order valence-electron chi connectivity index (χ3n) is 1.78. The van der Waals surface area contributed by atoms with Crippen molar-refractivity contribution >= 4 is 12.4 Å². The summed E-state index contributed by atoms with van der Waals surface area (Å²) in [5.74, 6) is -0.986. The molecular formula is C7H14N2O4. The third kappa shape index (κ3) is 3.86. The number of aliphatic hydroxyl groups excluding tert-OH is 1. The van der Waals surface area contributed by atoms with E-state index in [0.717, 1.165) is 4.90 Å². The molecule has 13 heavy (non-hydrogen) atoms. The molecule has 0 saturated heterocycles. The third-order valence-corrected chi connectivity index (χ3v) is 1.78. The smallest absolute Gasteiger partial charge is 0.303 e. The molecule has 1 atom stereocenters. The Bertz CT molecular complexity index is 193. The summed E-state index contributed by atoms with van der Waals surface area (Å²) in [6.07, 6.45) is 0.348. The second-order valence-corrected chi connectivity index (χ2v) is 2.97. The van der Waals surface area contributed by atoms with Gasteiger partial charge in [-0.1, -0.05) is 0 Å². The molecule has 6 nitrogen and oxygen atoms in total. The molecule has 6 heteroatoms. The average Bonchev–Trinajstić information content (AvgIpc) is 2.03. The number of aliphatic carboxylic acids is 1. The monoisotopic (exact) mass is 190 g/mol. The molecule has 0 heterocycles. The van der Waals surface area contributed by atoms with Crippen LogP contribution in [0.2, 0.25) is 0 Å². The zero-order chi connectivity index (χ0) is 10.5. The van der Waals surface area contributed by atoms with Crippen molar-refractivity contribution < 1.29 is 19.8 Å². The highest BCUT2D eigenvalue weighted by molar-refractivity contribution is 5.66. The summed E-state index contributed by atoms with van der Waals surface area (Å²) in [7, 11) is 0. The minimum atomic E-state index is -1.12. The van der Waals surface area contributed by atoms with Gasteiger partial charge in [0.1, 0.15) is 6.73 Å². The first-order valence-electron chi connectivity index (χ1n) is 3.77. The molecule has 0 rings (SSSR count). The van der Waals surface area contributed by atoms with Gasteiger partial charge in [0.05, 0.1) is 5.66 Å². The molecule has 76 valence electrons. The van der Waals surface area contributed by atoms with Crippen LogP contribution in [0.25, 0.3) is 0 Å².